The van der Waals surface area contributed by atoms with E-state index in [9.17, 15) is 8.42 Å². The lowest BCUT2D eigenvalue weighted by Gasteiger charge is -2.08. The zero-order valence-electron chi connectivity index (χ0n) is 11.5. The van der Waals surface area contributed by atoms with Crippen molar-refractivity contribution < 1.29 is 12.8 Å². The Morgan fingerprint density at radius 2 is 1.95 bits per heavy atom. The third-order valence-electron chi connectivity index (χ3n) is 3.01. The minimum Gasteiger partial charge on any atom is -0.451 e. The summed E-state index contributed by atoms with van der Waals surface area (Å²) in [5.41, 5.74) is 1.84. The second-order valence-electron chi connectivity index (χ2n) is 4.85. The number of hydrogen-bond acceptors (Lipinski definition) is 4. The third kappa shape index (κ3) is 3.68. The molecule has 1 N–H and O–H groups in total. The molecule has 0 amide bonds. The molecule has 2 aromatic rings. The Hall–Kier alpha value is -1.66. The number of hydrogen-bond donors (Lipinski definition) is 1. The Balaban J connectivity index is 1.99. The van der Waals surface area contributed by atoms with Gasteiger partial charge in [-0.05, 0) is 23.6 Å². The summed E-state index contributed by atoms with van der Waals surface area (Å²) in [6.07, 6.45) is 3.33. The highest BCUT2D eigenvalue weighted by atomic mass is 32.2. The smallest absolute Gasteiger partial charge is 0.240 e. The molecule has 6 heteroatoms. The summed E-state index contributed by atoms with van der Waals surface area (Å²) >= 11 is 0. The number of oxazole rings is 1. The zero-order valence-corrected chi connectivity index (χ0v) is 12.4. The molecule has 0 aliphatic carbocycles. The van der Waals surface area contributed by atoms with E-state index in [-0.39, 0.29) is 4.90 Å². The molecular formula is C14H18N2O3S. The largest absolute Gasteiger partial charge is 0.451 e. The lowest BCUT2D eigenvalue weighted by Crippen LogP contribution is -2.26. The number of nitrogens with zero attached hydrogens (tertiary/aromatic N) is 1. The molecule has 20 heavy (non-hydrogen) atoms. The second kappa shape index (κ2) is 6.19. The number of sulfonamides is 1. The predicted molar refractivity (Wildman–Crippen MR) is 75.9 cm³/mol. The van der Waals surface area contributed by atoms with Crippen molar-refractivity contribution in [3.05, 3.63) is 48.2 Å². The van der Waals surface area contributed by atoms with Gasteiger partial charge in [-0.15, -0.1) is 0 Å². The van der Waals surface area contributed by atoms with Crippen molar-refractivity contribution in [2.45, 2.75) is 31.1 Å². The molecule has 2 rings (SSSR count). The van der Waals surface area contributed by atoms with Gasteiger partial charge < -0.3 is 4.42 Å². The van der Waals surface area contributed by atoms with Crippen LogP contribution in [0.15, 0.2) is 46.2 Å². The minimum atomic E-state index is -3.46. The van der Waals surface area contributed by atoms with Gasteiger partial charge >= 0.3 is 0 Å². The maximum absolute atomic E-state index is 12.1. The van der Waals surface area contributed by atoms with E-state index >= 15 is 0 Å². The van der Waals surface area contributed by atoms with Gasteiger partial charge in [0.25, 0.3) is 0 Å². The molecule has 0 fully saturated rings. The van der Waals surface area contributed by atoms with Gasteiger partial charge in [-0.25, -0.2) is 18.1 Å². The van der Waals surface area contributed by atoms with Crippen molar-refractivity contribution in [1.29, 1.82) is 0 Å². The summed E-state index contributed by atoms with van der Waals surface area (Å²) in [5, 5.41) is 0. The molecule has 1 aromatic carbocycles. The van der Waals surface area contributed by atoms with Crippen LogP contribution in [0, 0.1) is 0 Å². The van der Waals surface area contributed by atoms with Gasteiger partial charge in [0, 0.05) is 13.0 Å². The summed E-state index contributed by atoms with van der Waals surface area (Å²) in [6, 6.07) is 6.95. The molecule has 0 saturated carbocycles. The highest BCUT2D eigenvalue weighted by Gasteiger charge is 2.13. The highest BCUT2D eigenvalue weighted by Crippen LogP contribution is 2.17. The fourth-order valence-electron chi connectivity index (χ4n) is 1.79. The van der Waals surface area contributed by atoms with Crippen LogP contribution in [0.4, 0.5) is 0 Å². The fraction of sp³-hybridized carbons (Fsp3) is 0.357. The van der Waals surface area contributed by atoms with Gasteiger partial charge in [0.05, 0.1) is 10.6 Å². The van der Waals surface area contributed by atoms with E-state index in [4.69, 9.17) is 4.42 Å². The fourth-order valence-corrected chi connectivity index (χ4v) is 2.82. The van der Waals surface area contributed by atoms with E-state index in [0.717, 1.165) is 11.3 Å². The van der Waals surface area contributed by atoms with Gasteiger partial charge in [0.1, 0.15) is 6.26 Å². The first-order chi connectivity index (χ1) is 9.49. The Kier molecular flexibility index (Phi) is 4.57. The average molecular weight is 294 g/mol. The van der Waals surface area contributed by atoms with Crippen molar-refractivity contribution in [1.82, 2.24) is 9.71 Å². The van der Waals surface area contributed by atoms with Crippen LogP contribution in [-0.2, 0) is 16.4 Å². The quantitative estimate of drug-likeness (QED) is 0.887. The molecular weight excluding hydrogens is 276 g/mol. The van der Waals surface area contributed by atoms with E-state index in [1.54, 1.807) is 12.1 Å². The van der Waals surface area contributed by atoms with E-state index in [2.05, 4.69) is 23.6 Å². The molecule has 108 valence electrons. The first-order valence-electron chi connectivity index (χ1n) is 6.46. The molecule has 0 spiro atoms. The third-order valence-corrected chi connectivity index (χ3v) is 4.49. The Bertz CT molecular complexity index is 632. The van der Waals surface area contributed by atoms with Gasteiger partial charge in [-0.3, -0.25) is 0 Å². The number of rotatable bonds is 6. The molecule has 0 saturated heterocycles. The van der Waals surface area contributed by atoms with E-state index in [1.807, 2.05) is 12.1 Å². The molecule has 0 unspecified atom stereocenters. The van der Waals surface area contributed by atoms with Crippen LogP contribution in [0.1, 0.15) is 31.0 Å². The zero-order chi connectivity index (χ0) is 14.6. The van der Waals surface area contributed by atoms with Crippen LogP contribution >= 0.6 is 0 Å². The molecule has 0 aliphatic rings. The maximum atomic E-state index is 12.1. The molecule has 1 heterocycles. The highest BCUT2D eigenvalue weighted by molar-refractivity contribution is 7.89. The predicted octanol–water partition coefficient (Wildman–Crippen LogP) is 2.32. The summed E-state index contributed by atoms with van der Waals surface area (Å²) in [5.74, 6) is 0.381. The van der Waals surface area contributed by atoms with Crippen LogP contribution < -0.4 is 4.72 Å². The molecule has 0 bridgehead atoms. The van der Waals surface area contributed by atoms with Gasteiger partial charge in [-0.2, -0.15) is 0 Å². The Morgan fingerprint density at radius 3 is 2.50 bits per heavy atom. The van der Waals surface area contributed by atoms with Crippen LogP contribution in [0.3, 0.4) is 0 Å². The summed E-state index contributed by atoms with van der Waals surface area (Å²) in [4.78, 5) is 4.22. The van der Waals surface area contributed by atoms with Gasteiger partial charge in [-0.1, -0.05) is 26.0 Å². The minimum absolute atomic E-state index is 0.280. The van der Waals surface area contributed by atoms with Crippen molar-refractivity contribution in [2.75, 3.05) is 6.54 Å². The SMILES string of the molecule is CC(C)c1ccc(S(=O)(=O)NCCc2cocn2)cc1. The van der Waals surface area contributed by atoms with Crippen molar-refractivity contribution >= 4 is 10.0 Å². The van der Waals surface area contributed by atoms with Crippen molar-refractivity contribution in [3.63, 3.8) is 0 Å². The van der Waals surface area contributed by atoms with E-state index < -0.39 is 10.0 Å². The lowest BCUT2D eigenvalue weighted by molar-refractivity contribution is 0.555. The van der Waals surface area contributed by atoms with Crippen molar-refractivity contribution in [3.8, 4) is 0 Å². The maximum Gasteiger partial charge on any atom is 0.240 e. The second-order valence-corrected chi connectivity index (χ2v) is 6.62. The molecule has 5 nitrogen and oxygen atoms in total. The van der Waals surface area contributed by atoms with E-state index in [1.165, 1.54) is 12.7 Å². The summed E-state index contributed by atoms with van der Waals surface area (Å²) < 4.78 is 31.6. The summed E-state index contributed by atoms with van der Waals surface area (Å²) in [7, 11) is -3.46. The molecule has 0 atom stereocenters. The molecule has 0 aliphatic heterocycles. The van der Waals surface area contributed by atoms with Gasteiger partial charge in [0.2, 0.25) is 10.0 Å². The first-order valence-corrected chi connectivity index (χ1v) is 7.94. The van der Waals surface area contributed by atoms with Crippen LogP contribution in [0.5, 0.6) is 0 Å². The summed E-state index contributed by atoms with van der Waals surface area (Å²) in [6.45, 7) is 4.43. The van der Waals surface area contributed by atoms with E-state index in [0.29, 0.717) is 18.9 Å². The monoisotopic (exact) mass is 294 g/mol. The molecule has 0 radical (unpaired) electrons. The first kappa shape index (κ1) is 14.7. The standard InChI is InChI=1S/C14H18N2O3S/c1-11(2)12-3-5-14(6-4-12)20(17,18)16-8-7-13-9-19-10-15-13/h3-6,9-11,16H,7-8H2,1-2H3. The van der Waals surface area contributed by atoms with Crippen molar-refractivity contribution in [2.24, 2.45) is 0 Å². The lowest BCUT2D eigenvalue weighted by atomic mass is 10.0. The average Bonchev–Trinajstić information content (AvgIpc) is 2.92. The van der Waals surface area contributed by atoms with Crippen LogP contribution in [0.25, 0.3) is 0 Å². The van der Waals surface area contributed by atoms with Crippen LogP contribution in [0.2, 0.25) is 0 Å². The number of benzene rings is 1. The molecule has 1 aromatic heterocycles. The van der Waals surface area contributed by atoms with Gasteiger partial charge in [0.15, 0.2) is 6.39 Å². The topological polar surface area (TPSA) is 72.2 Å². The Morgan fingerprint density at radius 1 is 1.25 bits per heavy atom. The number of aromatic nitrogens is 1. The Labute approximate surface area is 119 Å². The normalized spacial score (nSPS) is 11.9. The van der Waals surface area contributed by atoms with Crippen LogP contribution in [-0.4, -0.2) is 19.9 Å². The number of nitrogens with one attached hydrogen (secondary N) is 1.